The highest BCUT2D eigenvalue weighted by Crippen LogP contribution is 2.11. The summed E-state index contributed by atoms with van der Waals surface area (Å²) in [5.41, 5.74) is 5.79. The Balaban J connectivity index is 0. The van der Waals surface area contributed by atoms with Gasteiger partial charge in [-0.2, -0.15) is 0 Å². The molecule has 22 heavy (non-hydrogen) atoms. The van der Waals surface area contributed by atoms with Crippen LogP contribution in [0.25, 0.3) is 0 Å². The lowest BCUT2D eigenvalue weighted by molar-refractivity contribution is -0.159. The Morgan fingerprint density at radius 1 is 1.14 bits per heavy atom. The fraction of sp³-hybridized carbons (Fsp3) is 0.867. The number of halogens is 1. The molecule has 0 aliphatic carbocycles. The predicted octanol–water partition coefficient (Wildman–Crippen LogP) is 1.23. The van der Waals surface area contributed by atoms with E-state index in [1.807, 2.05) is 27.7 Å². The molecule has 0 radical (unpaired) electrons. The minimum Gasteiger partial charge on any atom is -0.461 e. The highest BCUT2D eigenvalue weighted by molar-refractivity contribution is 5.85. The maximum atomic E-state index is 12.0. The van der Waals surface area contributed by atoms with Crippen molar-refractivity contribution < 1.29 is 19.4 Å². The maximum absolute atomic E-state index is 12.0. The van der Waals surface area contributed by atoms with E-state index in [2.05, 4.69) is 5.32 Å². The van der Waals surface area contributed by atoms with E-state index in [1.165, 1.54) is 0 Å². The summed E-state index contributed by atoms with van der Waals surface area (Å²) < 4.78 is 4.99. The molecule has 0 aromatic heterocycles. The van der Waals surface area contributed by atoms with E-state index in [0.29, 0.717) is 6.42 Å². The molecule has 0 rings (SSSR count). The largest absolute Gasteiger partial charge is 0.461 e. The molecule has 0 fully saturated rings. The van der Waals surface area contributed by atoms with Gasteiger partial charge in [-0.1, -0.05) is 27.7 Å². The number of ether oxygens (including phenoxy) is 1. The molecule has 4 N–H and O–H groups in total. The van der Waals surface area contributed by atoms with E-state index in [1.54, 1.807) is 13.8 Å². The van der Waals surface area contributed by atoms with E-state index in [9.17, 15) is 14.7 Å². The molecule has 0 saturated heterocycles. The number of hydrogen-bond donors (Lipinski definition) is 3. The summed E-state index contributed by atoms with van der Waals surface area (Å²) in [7, 11) is 0. The second-order valence-electron chi connectivity index (χ2n) is 6.44. The lowest BCUT2D eigenvalue weighted by Crippen LogP contribution is -2.54. The summed E-state index contributed by atoms with van der Waals surface area (Å²) in [6, 6.07) is -1.37. The average molecular weight is 339 g/mol. The van der Waals surface area contributed by atoms with Gasteiger partial charge in [0.15, 0.2) is 6.10 Å². The summed E-state index contributed by atoms with van der Waals surface area (Å²) in [5.74, 6) is -0.919. The molecule has 0 aromatic carbocycles. The molecule has 0 bridgehead atoms. The van der Waals surface area contributed by atoms with Crippen molar-refractivity contribution in [3.63, 3.8) is 0 Å². The van der Waals surface area contributed by atoms with Gasteiger partial charge < -0.3 is 20.9 Å². The normalized spacial score (nSPS) is 15.2. The first-order valence-electron chi connectivity index (χ1n) is 7.50. The third-order valence-corrected chi connectivity index (χ3v) is 3.05. The second kappa shape index (κ2) is 10.8. The summed E-state index contributed by atoms with van der Waals surface area (Å²) in [6.45, 7) is 11.0. The topological polar surface area (TPSA) is 102 Å². The van der Waals surface area contributed by atoms with Crippen LogP contribution < -0.4 is 11.1 Å². The molecule has 0 aliphatic heterocycles. The zero-order chi connectivity index (χ0) is 16.7. The Hall–Kier alpha value is -0.850. The molecule has 1 unspecified atom stereocenters. The van der Waals surface area contributed by atoms with E-state index >= 15 is 0 Å². The monoisotopic (exact) mass is 338 g/mol. The predicted molar refractivity (Wildman–Crippen MR) is 88.7 cm³/mol. The second-order valence-corrected chi connectivity index (χ2v) is 6.44. The number of esters is 1. The first-order valence-corrected chi connectivity index (χ1v) is 7.50. The highest BCUT2D eigenvalue weighted by Gasteiger charge is 2.31. The van der Waals surface area contributed by atoms with Crippen LogP contribution in [0.15, 0.2) is 0 Å². The average Bonchev–Trinajstić information content (AvgIpc) is 2.34. The van der Waals surface area contributed by atoms with Gasteiger partial charge in [0.05, 0.1) is 18.2 Å². The zero-order valence-corrected chi connectivity index (χ0v) is 15.1. The number of rotatable bonds is 8. The van der Waals surface area contributed by atoms with Gasteiger partial charge in [-0.15, -0.1) is 12.4 Å². The molecule has 0 heterocycles. The number of carbonyl (C=O) groups is 2. The third kappa shape index (κ3) is 8.56. The molecular formula is C15H31ClN2O4. The van der Waals surface area contributed by atoms with Gasteiger partial charge in [-0.3, -0.25) is 4.79 Å². The molecule has 3 atom stereocenters. The number of nitrogens with two attached hydrogens (primary N) is 1. The molecule has 6 nitrogen and oxygen atoms in total. The van der Waals surface area contributed by atoms with Gasteiger partial charge in [0.25, 0.3) is 0 Å². The standard InChI is InChI=1S/C15H30N2O4.ClH/c1-8(2)7-11(13(18)15(20)21-10(5)6)17-14(19)12(16)9(3)4;/h8-13,18H,7,16H2,1-6H3,(H,17,19);1H/t11-,12-,13?;/m0./s1. The third-order valence-electron chi connectivity index (χ3n) is 3.05. The Morgan fingerprint density at radius 3 is 2.00 bits per heavy atom. The Bertz CT molecular complexity index is 348. The fourth-order valence-electron chi connectivity index (χ4n) is 1.82. The SMILES string of the molecule is CC(C)C[C@H](NC(=O)[C@@H](N)C(C)C)C(O)C(=O)OC(C)C.Cl. The molecule has 132 valence electrons. The van der Waals surface area contributed by atoms with Gasteiger partial charge in [0.1, 0.15) is 0 Å². The van der Waals surface area contributed by atoms with Crippen molar-refractivity contribution >= 4 is 24.3 Å². The van der Waals surface area contributed by atoms with Crippen molar-refractivity contribution in [2.45, 2.75) is 72.3 Å². The van der Waals surface area contributed by atoms with Crippen LogP contribution in [-0.2, 0) is 14.3 Å². The van der Waals surface area contributed by atoms with Crippen molar-refractivity contribution in [1.82, 2.24) is 5.32 Å². The molecular weight excluding hydrogens is 308 g/mol. The van der Waals surface area contributed by atoms with Crippen LogP contribution in [0.5, 0.6) is 0 Å². The smallest absolute Gasteiger partial charge is 0.337 e. The molecule has 1 amide bonds. The van der Waals surface area contributed by atoms with Gasteiger partial charge in [-0.05, 0) is 32.1 Å². The minimum absolute atomic E-state index is 0. The van der Waals surface area contributed by atoms with Gasteiger partial charge in [0, 0.05) is 0 Å². The first-order chi connectivity index (χ1) is 9.56. The Labute approximate surface area is 139 Å². The lowest BCUT2D eigenvalue weighted by Gasteiger charge is -2.27. The molecule has 0 saturated carbocycles. The summed E-state index contributed by atoms with van der Waals surface area (Å²) in [5, 5.41) is 12.8. The quantitative estimate of drug-likeness (QED) is 0.578. The van der Waals surface area contributed by atoms with Crippen molar-refractivity contribution in [3.05, 3.63) is 0 Å². The van der Waals surface area contributed by atoms with Crippen LogP contribution in [0.1, 0.15) is 48.0 Å². The van der Waals surface area contributed by atoms with E-state index < -0.39 is 24.2 Å². The van der Waals surface area contributed by atoms with Crippen molar-refractivity contribution in [2.24, 2.45) is 17.6 Å². The number of amides is 1. The molecule has 7 heteroatoms. The number of aliphatic hydroxyl groups excluding tert-OH is 1. The first kappa shape index (κ1) is 23.4. The van der Waals surface area contributed by atoms with E-state index in [-0.39, 0.29) is 36.3 Å². The van der Waals surface area contributed by atoms with Crippen molar-refractivity contribution in [1.29, 1.82) is 0 Å². The van der Waals surface area contributed by atoms with Gasteiger partial charge >= 0.3 is 5.97 Å². The van der Waals surface area contributed by atoms with Crippen LogP contribution in [0.4, 0.5) is 0 Å². The van der Waals surface area contributed by atoms with Crippen LogP contribution in [0.2, 0.25) is 0 Å². The van der Waals surface area contributed by atoms with Gasteiger partial charge in [-0.25, -0.2) is 4.79 Å². The minimum atomic E-state index is -1.39. The van der Waals surface area contributed by atoms with Crippen LogP contribution >= 0.6 is 12.4 Å². The van der Waals surface area contributed by atoms with Gasteiger partial charge in [0.2, 0.25) is 5.91 Å². The summed E-state index contributed by atoms with van der Waals surface area (Å²) in [6.07, 6.45) is -1.25. The van der Waals surface area contributed by atoms with E-state index in [0.717, 1.165) is 0 Å². The number of carbonyl (C=O) groups excluding carboxylic acids is 2. The summed E-state index contributed by atoms with van der Waals surface area (Å²) in [4.78, 5) is 23.8. The highest BCUT2D eigenvalue weighted by atomic mass is 35.5. The number of hydrogen-bond acceptors (Lipinski definition) is 5. The maximum Gasteiger partial charge on any atom is 0.337 e. The summed E-state index contributed by atoms with van der Waals surface area (Å²) >= 11 is 0. The fourth-order valence-corrected chi connectivity index (χ4v) is 1.82. The number of nitrogens with one attached hydrogen (secondary N) is 1. The van der Waals surface area contributed by atoms with Crippen LogP contribution in [0.3, 0.4) is 0 Å². The zero-order valence-electron chi connectivity index (χ0n) is 14.3. The Kier molecular flexibility index (Phi) is 11.5. The lowest BCUT2D eigenvalue weighted by atomic mass is 9.97. The van der Waals surface area contributed by atoms with Crippen LogP contribution in [0, 0.1) is 11.8 Å². The molecule has 0 spiro atoms. The Morgan fingerprint density at radius 2 is 1.64 bits per heavy atom. The van der Waals surface area contributed by atoms with Crippen molar-refractivity contribution in [3.8, 4) is 0 Å². The van der Waals surface area contributed by atoms with Crippen LogP contribution in [-0.4, -0.2) is 41.3 Å². The number of aliphatic hydroxyl groups is 1. The van der Waals surface area contributed by atoms with E-state index in [4.69, 9.17) is 10.5 Å². The molecule has 0 aliphatic rings. The van der Waals surface area contributed by atoms with Crippen molar-refractivity contribution in [2.75, 3.05) is 0 Å². The molecule has 0 aromatic rings.